The highest BCUT2D eigenvalue weighted by Gasteiger charge is 2.44. The molecule has 2 heterocycles. The Morgan fingerprint density at radius 1 is 0.724 bits per heavy atom. The molecule has 0 amide bonds. The molecule has 0 saturated carbocycles. The Morgan fingerprint density at radius 3 is 1.41 bits per heavy atom. The topological polar surface area (TPSA) is 59.6 Å². The van der Waals surface area contributed by atoms with Gasteiger partial charge in [0, 0.05) is 34.2 Å². The van der Waals surface area contributed by atoms with Crippen LogP contribution < -0.4 is 16.0 Å². The van der Waals surface area contributed by atoms with Crippen LogP contribution in [0.25, 0.3) is 0 Å². The summed E-state index contributed by atoms with van der Waals surface area (Å²) in [5, 5.41) is 22.1. The van der Waals surface area contributed by atoms with Crippen molar-refractivity contribution < 1.29 is 5.21 Å². The fourth-order valence-electron chi connectivity index (χ4n) is 5.29. The van der Waals surface area contributed by atoms with Crippen molar-refractivity contribution >= 4 is 0 Å². The summed E-state index contributed by atoms with van der Waals surface area (Å²) in [6, 6.07) is 1.03. The first-order chi connectivity index (χ1) is 13.1. The van der Waals surface area contributed by atoms with E-state index in [4.69, 9.17) is 0 Å². The molecule has 0 aromatic carbocycles. The van der Waals surface area contributed by atoms with Crippen LogP contribution in [0.15, 0.2) is 24.6 Å². The molecule has 5 nitrogen and oxygen atoms in total. The minimum Gasteiger partial charge on any atom is -0.388 e. The summed E-state index contributed by atoms with van der Waals surface area (Å²) in [4.78, 5) is 0. The number of piperidine rings is 2. The molecule has 0 aromatic heterocycles. The summed E-state index contributed by atoms with van der Waals surface area (Å²) in [6.07, 6.45) is 12.4. The first-order valence-corrected chi connectivity index (χ1v) is 11.2. The third kappa shape index (κ3) is 8.31. The fourth-order valence-corrected chi connectivity index (χ4v) is 5.29. The summed E-state index contributed by atoms with van der Waals surface area (Å²) in [6.45, 7) is 21.5. The number of nitrogens with zero attached hydrogens (tertiary/aromatic N) is 1. The van der Waals surface area contributed by atoms with E-state index < -0.39 is 0 Å². The third-order valence-electron chi connectivity index (χ3n) is 5.83. The van der Waals surface area contributed by atoms with Gasteiger partial charge in [-0.05, 0) is 107 Å². The predicted molar refractivity (Wildman–Crippen MR) is 125 cm³/mol. The summed E-state index contributed by atoms with van der Waals surface area (Å²) >= 11 is 0. The van der Waals surface area contributed by atoms with Gasteiger partial charge in [-0.2, -0.15) is 5.06 Å². The highest BCUT2D eigenvalue weighted by Crippen LogP contribution is 2.36. The molecule has 2 saturated heterocycles. The average Bonchev–Trinajstić information content (AvgIpc) is 2.53. The van der Waals surface area contributed by atoms with Crippen LogP contribution in [-0.4, -0.2) is 44.5 Å². The average molecular weight is 409 g/mol. The van der Waals surface area contributed by atoms with Crippen molar-refractivity contribution in [1.29, 1.82) is 0 Å². The van der Waals surface area contributed by atoms with E-state index in [-0.39, 0.29) is 22.2 Å². The molecule has 0 bridgehead atoms. The third-order valence-corrected chi connectivity index (χ3v) is 5.83. The first-order valence-electron chi connectivity index (χ1n) is 11.2. The zero-order valence-corrected chi connectivity index (χ0v) is 20.7. The van der Waals surface area contributed by atoms with Crippen molar-refractivity contribution in [3.63, 3.8) is 0 Å². The molecule has 5 heteroatoms. The van der Waals surface area contributed by atoms with E-state index in [0.29, 0.717) is 12.1 Å². The maximum atomic E-state index is 10.1. The summed E-state index contributed by atoms with van der Waals surface area (Å²) in [5.74, 6) is 0. The molecule has 2 fully saturated rings. The van der Waals surface area contributed by atoms with Crippen LogP contribution in [0.4, 0.5) is 0 Å². The van der Waals surface area contributed by atoms with Gasteiger partial charge in [0.05, 0.1) is 0 Å². The van der Waals surface area contributed by atoms with Crippen LogP contribution in [0.2, 0.25) is 0 Å². The van der Waals surface area contributed by atoms with Gasteiger partial charge < -0.3 is 21.2 Å². The van der Waals surface area contributed by atoms with E-state index in [1.165, 1.54) is 17.9 Å². The van der Waals surface area contributed by atoms with Crippen LogP contribution in [0.3, 0.4) is 0 Å². The number of rotatable bonds is 4. The quantitative estimate of drug-likeness (QED) is 0.531. The Balaban J connectivity index is 0.000000291. The minimum absolute atomic E-state index is 0.166. The lowest BCUT2D eigenvalue weighted by Gasteiger charge is -2.51. The second-order valence-corrected chi connectivity index (χ2v) is 11.4. The molecule has 0 aliphatic carbocycles. The van der Waals surface area contributed by atoms with Gasteiger partial charge in [0.15, 0.2) is 0 Å². The SMILES string of the molecule is CC=CNC1CC(C)(C)N(O)C(C)(C)C1.CC=CNC1CC(C)(C)NC(C)(C)C1. The van der Waals surface area contributed by atoms with E-state index in [0.717, 1.165) is 12.8 Å². The van der Waals surface area contributed by atoms with Crippen LogP contribution in [0.5, 0.6) is 0 Å². The molecular weight excluding hydrogens is 360 g/mol. The zero-order chi connectivity index (χ0) is 22.5. The van der Waals surface area contributed by atoms with Crippen molar-refractivity contribution in [3.05, 3.63) is 24.6 Å². The van der Waals surface area contributed by atoms with Crippen LogP contribution in [0.1, 0.15) is 94.9 Å². The highest BCUT2D eigenvalue weighted by atomic mass is 16.5. The second-order valence-electron chi connectivity index (χ2n) is 11.4. The van der Waals surface area contributed by atoms with Crippen molar-refractivity contribution in [1.82, 2.24) is 21.0 Å². The van der Waals surface area contributed by atoms with Crippen LogP contribution >= 0.6 is 0 Å². The summed E-state index contributed by atoms with van der Waals surface area (Å²) in [5.41, 5.74) is 0.143. The molecule has 0 radical (unpaired) electrons. The number of hydrogen-bond acceptors (Lipinski definition) is 5. The summed E-state index contributed by atoms with van der Waals surface area (Å²) in [7, 11) is 0. The Morgan fingerprint density at radius 2 is 1.07 bits per heavy atom. The number of hydrogen-bond donors (Lipinski definition) is 4. The molecule has 4 N–H and O–H groups in total. The van der Waals surface area contributed by atoms with Gasteiger partial charge in [-0.1, -0.05) is 12.2 Å². The molecule has 0 aromatic rings. The maximum Gasteiger partial charge on any atom is 0.0429 e. The first kappa shape index (κ1) is 26.0. The Kier molecular flexibility index (Phi) is 8.82. The molecule has 0 atom stereocenters. The van der Waals surface area contributed by atoms with Crippen molar-refractivity contribution in [2.45, 2.75) is 129 Å². The lowest BCUT2D eigenvalue weighted by molar-refractivity contribution is -0.245. The van der Waals surface area contributed by atoms with Crippen LogP contribution in [0, 0.1) is 0 Å². The van der Waals surface area contributed by atoms with Gasteiger partial charge >= 0.3 is 0 Å². The minimum atomic E-state index is -0.166. The Hall–Kier alpha value is -1.04. The predicted octanol–water partition coefficient (Wildman–Crippen LogP) is 4.94. The number of nitrogens with one attached hydrogen (secondary N) is 3. The van der Waals surface area contributed by atoms with Crippen LogP contribution in [-0.2, 0) is 0 Å². The Bertz CT molecular complexity index is 529. The fraction of sp³-hybridized carbons (Fsp3) is 0.833. The van der Waals surface area contributed by atoms with Gasteiger partial charge in [-0.25, -0.2) is 0 Å². The molecular formula is C24H48N4O. The van der Waals surface area contributed by atoms with Crippen molar-refractivity contribution in [2.24, 2.45) is 0 Å². The maximum absolute atomic E-state index is 10.1. The molecule has 0 unspecified atom stereocenters. The normalized spacial score (nSPS) is 26.9. The van der Waals surface area contributed by atoms with Crippen molar-refractivity contribution in [3.8, 4) is 0 Å². The van der Waals surface area contributed by atoms with E-state index in [1.807, 2.05) is 26.1 Å². The monoisotopic (exact) mass is 408 g/mol. The van der Waals surface area contributed by atoms with Gasteiger partial charge in [0.1, 0.15) is 0 Å². The lowest BCUT2D eigenvalue weighted by Crippen LogP contribution is -2.62. The molecule has 170 valence electrons. The van der Waals surface area contributed by atoms with E-state index in [1.54, 1.807) is 0 Å². The highest BCUT2D eigenvalue weighted by molar-refractivity contribution is 5.01. The van der Waals surface area contributed by atoms with Gasteiger partial charge in [0.2, 0.25) is 0 Å². The summed E-state index contributed by atoms with van der Waals surface area (Å²) < 4.78 is 0. The molecule has 0 spiro atoms. The molecule has 2 aliphatic heterocycles. The molecule has 29 heavy (non-hydrogen) atoms. The van der Waals surface area contributed by atoms with Gasteiger partial charge in [-0.3, -0.25) is 0 Å². The van der Waals surface area contributed by atoms with E-state index in [9.17, 15) is 5.21 Å². The standard InChI is InChI=1S/C12H24N2O.C12H24N2/c1-6-7-13-10-8-11(2,3)14(15)12(4,5)9-10;1-6-7-13-10-8-11(2,3)14-12(4,5)9-10/h6-7,10,13,15H,8-9H2,1-5H3;6-7,10,13-14H,8-9H2,1-5H3. The zero-order valence-electron chi connectivity index (χ0n) is 20.7. The molecule has 2 aliphatic rings. The van der Waals surface area contributed by atoms with E-state index in [2.05, 4.69) is 83.6 Å². The van der Waals surface area contributed by atoms with Crippen molar-refractivity contribution in [2.75, 3.05) is 0 Å². The smallest absolute Gasteiger partial charge is 0.0429 e. The Labute approximate surface area is 180 Å². The number of allylic oxidation sites excluding steroid dienone is 2. The van der Waals surface area contributed by atoms with Gasteiger partial charge in [0.25, 0.3) is 0 Å². The van der Waals surface area contributed by atoms with Gasteiger partial charge in [-0.15, -0.1) is 0 Å². The largest absolute Gasteiger partial charge is 0.388 e. The second kappa shape index (κ2) is 9.84. The van der Waals surface area contributed by atoms with E-state index >= 15 is 0 Å². The lowest BCUT2D eigenvalue weighted by atomic mass is 9.79. The number of hydroxylamine groups is 2. The molecule has 2 rings (SSSR count).